The molecule has 88 valence electrons. The maximum absolute atomic E-state index is 9.90. The smallest absolute Gasteiger partial charge is 0.151 e. The zero-order chi connectivity index (χ0) is 12.4. The summed E-state index contributed by atoms with van der Waals surface area (Å²) in [4.78, 5) is 9.90. The minimum absolute atomic E-state index is 0.0258. The number of nitriles is 1. The van der Waals surface area contributed by atoms with Crippen molar-refractivity contribution in [3.05, 3.63) is 0 Å². The van der Waals surface area contributed by atoms with Gasteiger partial charge in [0.25, 0.3) is 0 Å². The number of aldehydes is 1. The summed E-state index contributed by atoms with van der Waals surface area (Å²) < 4.78 is 0. The largest absolute Gasteiger partial charge is 0.696 e. The predicted molar refractivity (Wildman–Crippen MR) is 50.2 cm³/mol. The van der Waals surface area contributed by atoms with Crippen LogP contribution in [0.25, 0.3) is 0 Å². The van der Waals surface area contributed by atoms with Crippen molar-refractivity contribution in [3.63, 3.8) is 0 Å². The van der Waals surface area contributed by atoms with Gasteiger partial charge in [0.05, 0.1) is 6.61 Å². The highest BCUT2D eigenvalue weighted by molar-refractivity contribution is 7.64. The molecular formula is C7H12NO6S-. The second kappa shape index (κ2) is 9.72. The highest BCUT2D eigenvalue weighted by Gasteiger charge is 2.29. The van der Waals surface area contributed by atoms with Gasteiger partial charge in [0.1, 0.15) is 24.4 Å². The summed E-state index contributed by atoms with van der Waals surface area (Å²) in [6, 6.07) is 0. The molecule has 5 N–H and O–H groups in total. The first kappa shape index (κ1) is 16.6. The molecule has 0 rings (SSSR count). The molecule has 0 saturated carbocycles. The van der Waals surface area contributed by atoms with Crippen LogP contribution >= 0.6 is 0 Å². The fraction of sp³-hybridized carbons (Fsp3) is 0.714. The molecule has 0 radical (unpaired) electrons. The highest BCUT2D eigenvalue weighted by Crippen LogP contribution is 2.02. The normalized spacial score (nSPS) is 17.3. The van der Waals surface area contributed by atoms with Crippen molar-refractivity contribution < 1.29 is 30.3 Å². The molecule has 15 heavy (non-hydrogen) atoms. The third-order valence-electron chi connectivity index (χ3n) is 1.42. The summed E-state index contributed by atoms with van der Waals surface area (Å²) in [6.07, 6.45) is -6.84. The average Bonchev–Trinajstić information content (AvgIpc) is 2.25. The molecule has 0 aliphatic rings. The summed E-state index contributed by atoms with van der Waals surface area (Å²) in [5.74, 6) is 0. The van der Waals surface area contributed by atoms with E-state index in [0.29, 0.717) is 0 Å². The Balaban J connectivity index is 0. The lowest BCUT2D eigenvalue weighted by Crippen LogP contribution is -2.46. The Morgan fingerprint density at radius 1 is 1.27 bits per heavy atom. The fourth-order valence-electron chi connectivity index (χ4n) is 0.618. The van der Waals surface area contributed by atoms with Gasteiger partial charge >= 0.3 is 0 Å². The van der Waals surface area contributed by atoms with Crippen LogP contribution in [0.5, 0.6) is 0 Å². The first-order valence-corrected chi connectivity index (χ1v) is 4.16. The van der Waals surface area contributed by atoms with Gasteiger partial charge in [0.2, 0.25) is 0 Å². The predicted octanol–water partition coefficient (Wildman–Crippen LogP) is -3.36. The standard InChI is InChI=1S/C6H12O6.CHNS/c7-1-3(9)5(11)6(12)4(10)2-8;2-1-3/h1,3-6,8-12H,2H2;3H/p-1/t3-,4-,5-,6-;/m1./s1. The third kappa shape index (κ3) is 7.15. The average molecular weight is 238 g/mol. The van der Waals surface area contributed by atoms with E-state index in [1.165, 1.54) is 5.40 Å². The molecule has 0 heterocycles. The third-order valence-corrected chi connectivity index (χ3v) is 1.42. The van der Waals surface area contributed by atoms with Crippen molar-refractivity contribution in [2.45, 2.75) is 24.4 Å². The van der Waals surface area contributed by atoms with Crippen molar-refractivity contribution in [1.29, 1.82) is 5.26 Å². The van der Waals surface area contributed by atoms with Crippen LogP contribution in [-0.2, 0) is 17.4 Å². The molecule has 0 aromatic heterocycles. The quantitative estimate of drug-likeness (QED) is 0.190. The summed E-state index contributed by atoms with van der Waals surface area (Å²) in [5.41, 5.74) is 0. The van der Waals surface area contributed by atoms with Gasteiger partial charge in [-0.25, -0.2) is 5.26 Å². The Kier molecular flexibility index (Phi) is 10.8. The summed E-state index contributed by atoms with van der Waals surface area (Å²) in [7, 11) is 0. The van der Waals surface area contributed by atoms with E-state index >= 15 is 0 Å². The molecule has 0 fully saturated rings. The highest BCUT2D eigenvalue weighted by atomic mass is 32.1. The number of rotatable bonds is 5. The maximum Gasteiger partial charge on any atom is 0.151 e. The van der Waals surface area contributed by atoms with Gasteiger partial charge in [-0.1, -0.05) is 5.40 Å². The molecule has 0 aromatic carbocycles. The molecule has 0 amide bonds. The number of aliphatic hydroxyl groups is 5. The lowest BCUT2D eigenvalue weighted by Gasteiger charge is -2.22. The Labute approximate surface area is 91.6 Å². The lowest BCUT2D eigenvalue weighted by molar-refractivity contribution is -0.136. The topological polar surface area (TPSA) is 142 Å². The number of hydrogen-bond acceptors (Lipinski definition) is 8. The van der Waals surface area contributed by atoms with Gasteiger partial charge in [0, 0.05) is 0 Å². The van der Waals surface area contributed by atoms with Crippen molar-refractivity contribution >= 4 is 18.9 Å². The van der Waals surface area contributed by atoms with Crippen LogP contribution in [0.2, 0.25) is 0 Å². The Bertz CT molecular complexity index is 208. The molecule has 0 spiro atoms. The van der Waals surface area contributed by atoms with Gasteiger partial charge in [0.15, 0.2) is 6.29 Å². The minimum atomic E-state index is -1.79. The van der Waals surface area contributed by atoms with Gasteiger partial charge in [-0.05, 0) is 0 Å². The van der Waals surface area contributed by atoms with Gasteiger partial charge in [-0.3, -0.25) is 0 Å². The van der Waals surface area contributed by atoms with E-state index in [1.807, 2.05) is 0 Å². The van der Waals surface area contributed by atoms with Gasteiger partial charge in [-0.15, -0.1) is 0 Å². The molecule has 4 atom stereocenters. The molecule has 0 aromatic rings. The van der Waals surface area contributed by atoms with Gasteiger partial charge < -0.3 is 43.0 Å². The van der Waals surface area contributed by atoms with E-state index in [1.54, 1.807) is 0 Å². The Morgan fingerprint density at radius 2 is 1.67 bits per heavy atom. The first-order chi connectivity index (χ1) is 6.95. The van der Waals surface area contributed by atoms with E-state index in [4.69, 9.17) is 30.8 Å². The number of aliphatic hydroxyl groups excluding tert-OH is 5. The molecule has 0 bridgehead atoms. The molecular weight excluding hydrogens is 226 g/mol. The summed E-state index contributed by atoms with van der Waals surface area (Å²) in [5, 5.41) is 52.0. The summed E-state index contributed by atoms with van der Waals surface area (Å²) in [6.45, 7) is -0.760. The zero-order valence-electron chi connectivity index (χ0n) is 7.59. The molecule has 8 heteroatoms. The monoisotopic (exact) mass is 238 g/mol. The van der Waals surface area contributed by atoms with Crippen molar-refractivity contribution in [2.24, 2.45) is 0 Å². The van der Waals surface area contributed by atoms with Crippen molar-refractivity contribution in [3.8, 4) is 5.40 Å². The van der Waals surface area contributed by atoms with Crippen molar-refractivity contribution in [1.82, 2.24) is 0 Å². The molecule has 0 aliphatic heterocycles. The van der Waals surface area contributed by atoms with Crippen LogP contribution < -0.4 is 0 Å². The van der Waals surface area contributed by atoms with Crippen LogP contribution in [0.1, 0.15) is 0 Å². The maximum atomic E-state index is 9.90. The van der Waals surface area contributed by atoms with E-state index in [-0.39, 0.29) is 6.29 Å². The van der Waals surface area contributed by atoms with E-state index in [2.05, 4.69) is 12.6 Å². The molecule has 0 saturated heterocycles. The Morgan fingerprint density at radius 3 is 1.93 bits per heavy atom. The van der Waals surface area contributed by atoms with Crippen LogP contribution in [0.3, 0.4) is 0 Å². The van der Waals surface area contributed by atoms with Crippen molar-refractivity contribution in [2.75, 3.05) is 6.61 Å². The lowest BCUT2D eigenvalue weighted by atomic mass is 10.0. The second-order valence-electron chi connectivity index (χ2n) is 2.45. The number of carbonyl (C=O) groups excluding carboxylic acids is 1. The van der Waals surface area contributed by atoms with Crippen LogP contribution in [0.15, 0.2) is 0 Å². The number of nitrogens with zero attached hydrogens (tertiary/aromatic N) is 1. The minimum Gasteiger partial charge on any atom is -0.696 e. The second-order valence-corrected chi connectivity index (χ2v) is 2.63. The van der Waals surface area contributed by atoms with Crippen LogP contribution in [-0.4, -0.2) is 62.8 Å². The first-order valence-electron chi connectivity index (χ1n) is 3.75. The van der Waals surface area contributed by atoms with E-state index in [9.17, 15) is 4.79 Å². The van der Waals surface area contributed by atoms with Gasteiger partial charge in [-0.2, -0.15) is 0 Å². The van der Waals surface area contributed by atoms with Crippen LogP contribution in [0, 0.1) is 10.7 Å². The molecule has 0 unspecified atom stereocenters. The zero-order valence-corrected chi connectivity index (χ0v) is 8.41. The number of carbonyl (C=O) groups is 1. The molecule has 7 nitrogen and oxygen atoms in total. The SMILES string of the molecule is N#C[S-].O=C[C@@H](O)[C@@H](O)[C@H](O)[C@H](O)CO. The summed E-state index contributed by atoms with van der Waals surface area (Å²) >= 11 is 3.70. The number of hydrogen-bond donors (Lipinski definition) is 5. The van der Waals surface area contributed by atoms with E-state index < -0.39 is 31.0 Å². The van der Waals surface area contributed by atoms with E-state index in [0.717, 1.165) is 0 Å². The Hall–Kier alpha value is -0.820. The molecule has 0 aliphatic carbocycles. The number of thiocyanates is 1. The van der Waals surface area contributed by atoms with Crippen LogP contribution in [0.4, 0.5) is 0 Å². The fourth-order valence-corrected chi connectivity index (χ4v) is 0.618.